The Morgan fingerprint density at radius 3 is 2.61 bits per heavy atom. The molecule has 0 aliphatic carbocycles. The maximum atomic E-state index is 12.4. The maximum absolute atomic E-state index is 12.4. The zero-order chi connectivity index (χ0) is 20.7. The van der Waals surface area contributed by atoms with Crippen LogP contribution in [0, 0.1) is 0 Å². The summed E-state index contributed by atoms with van der Waals surface area (Å²) in [5.41, 5.74) is -0.178. The van der Waals surface area contributed by atoms with Gasteiger partial charge in [-0.3, -0.25) is 9.59 Å². The molecule has 0 radical (unpaired) electrons. The van der Waals surface area contributed by atoms with Crippen LogP contribution < -0.4 is 4.74 Å². The fourth-order valence-corrected chi connectivity index (χ4v) is 3.05. The Hall–Kier alpha value is -2.57. The Balaban J connectivity index is 1.89. The molecule has 1 fully saturated rings. The molecule has 1 aromatic rings. The molecule has 1 amide bonds. The van der Waals surface area contributed by atoms with Crippen LogP contribution >= 0.6 is 0 Å². The van der Waals surface area contributed by atoms with Crippen molar-refractivity contribution in [3.05, 3.63) is 29.8 Å². The zero-order valence-corrected chi connectivity index (χ0v) is 17.0. The number of ketones is 1. The molecule has 2 rings (SSSR count). The van der Waals surface area contributed by atoms with Gasteiger partial charge in [-0.2, -0.15) is 0 Å². The van der Waals surface area contributed by atoms with E-state index in [1.54, 1.807) is 29.2 Å². The summed E-state index contributed by atoms with van der Waals surface area (Å²) in [6.07, 6.45) is 2.14. The number of rotatable bonds is 6. The molecule has 0 aromatic heterocycles. The van der Waals surface area contributed by atoms with E-state index in [4.69, 9.17) is 14.2 Å². The summed E-state index contributed by atoms with van der Waals surface area (Å²) in [7, 11) is 1.52. The van der Waals surface area contributed by atoms with Gasteiger partial charge in [-0.1, -0.05) is 12.1 Å². The van der Waals surface area contributed by atoms with Gasteiger partial charge >= 0.3 is 12.1 Å². The number of amides is 1. The average Bonchev–Trinajstić information content (AvgIpc) is 2.65. The van der Waals surface area contributed by atoms with Gasteiger partial charge in [-0.15, -0.1) is 0 Å². The molecular formula is C21H29NO6. The number of hydrogen-bond acceptors (Lipinski definition) is 6. The number of benzene rings is 1. The summed E-state index contributed by atoms with van der Waals surface area (Å²) < 4.78 is 15.7. The molecule has 1 aliphatic rings. The smallest absolute Gasteiger partial charge is 0.410 e. The quantitative estimate of drug-likeness (QED) is 0.544. The fraction of sp³-hybridized carbons (Fsp3) is 0.571. The second-order valence-electron chi connectivity index (χ2n) is 7.84. The van der Waals surface area contributed by atoms with E-state index in [-0.39, 0.29) is 24.9 Å². The molecule has 0 N–H and O–H groups in total. The number of carbonyl (C=O) groups is 3. The van der Waals surface area contributed by atoms with Crippen molar-refractivity contribution in [1.29, 1.82) is 0 Å². The Morgan fingerprint density at radius 1 is 1.18 bits per heavy atom. The summed E-state index contributed by atoms with van der Waals surface area (Å²) in [6, 6.07) is 6.40. The third kappa shape index (κ3) is 6.55. The second-order valence-corrected chi connectivity index (χ2v) is 7.84. The van der Waals surface area contributed by atoms with Gasteiger partial charge in [0, 0.05) is 18.2 Å². The first kappa shape index (κ1) is 21.7. The SMILES string of the molecule is COc1cccc(C(=O)COC(=O)CC2CCCCN2C(=O)OC(C)(C)C)c1. The molecule has 154 valence electrons. The van der Waals surface area contributed by atoms with Gasteiger partial charge in [0.25, 0.3) is 0 Å². The van der Waals surface area contributed by atoms with Crippen LogP contribution in [0.5, 0.6) is 5.75 Å². The lowest BCUT2D eigenvalue weighted by Crippen LogP contribution is -2.47. The van der Waals surface area contributed by atoms with Crippen LogP contribution in [0.25, 0.3) is 0 Å². The van der Waals surface area contributed by atoms with Gasteiger partial charge < -0.3 is 19.1 Å². The average molecular weight is 391 g/mol. The van der Waals surface area contributed by atoms with Gasteiger partial charge in [-0.25, -0.2) is 4.79 Å². The topological polar surface area (TPSA) is 82.1 Å². The first-order valence-electron chi connectivity index (χ1n) is 9.52. The van der Waals surface area contributed by atoms with E-state index in [1.165, 1.54) is 7.11 Å². The third-order valence-electron chi connectivity index (χ3n) is 4.41. The Labute approximate surface area is 165 Å². The summed E-state index contributed by atoms with van der Waals surface area (Å²) in [4.78, 5) is 38.5. The number of ether oxygens (including phenoxy) is 3. The highest BCUT2D eigenvalue weighted by Crippen LogP contribution is 2.23. The first-order chi connectivity index (χ1) is 13.2. The molecule has 1 unspecified atom stereocenters. The number of Topliss-reactive ketones (excluding diaryl/α,β-unsaturated/α-hetero) is 1. The van der Waals surface area contributed by atoms with E-state index >= 15 is 0 Å². The number of carbonyl (C=O) groups excluding carboxylic acids is 3. The van der Waals surface area contributed by atoms with Crippen LogP contribution in [0.15, 0.2) is 24.3 Å². The highest BCUT2D eigenvalue weighted by molar-refractivity contribution is 5.98. The molecule has 1 aromatic carbocycles. The predicted molar refractivity (Wildman–Crippen MR) is 103 cm³/mol. The van der Waals surface area contributed by atoms with Crippen molar-refractivity contribution in [1.82, 2.24) is 4.90 Å². The summed E-state index contributed by atoms with van der Waals surface area (Å²) in [5, 5.41) is 0. The summed E-state index contributed by atoms with van der Waals surface area (Å²) >= 11 is 0. The minimum atomic E-state index is -0.594. The van der Waals surface area contributed by atoms with E-state index in [0.29, 0.717) is 24.3 Å². The molecule has 7 heteroatoms. The van der Waals surface area contributed by atoms with Crippen LogP contribution in [0.3, 0.4) is 0 Å². The number of hydrogen-bond donors (Lipinski definition) is 0. The minimum Gasteiger partial charge on any atom is -0.497 e. The molecule has 1 aliphatic heterocycles. The van der Waals surface area contributed by atoms with Gasteiger partial charge in [0.15, 0.2) is 12.4 Å². The van der Waals surface area contributed by atoms with Crippen molar-refractivity contribution in [2.24, 2.45) is 0 Å². The van der Waals surface area contributed by atoms with Crippen LogP contribution in [-0.4, -0.2) is 54.7 Å². The van der Waals surface area contributed by atoms with Crippen molar-refractivity contribution >= 4 is 17.8 Å². The maximum Gasteiger partial charge on any atom is 0.410 e. The lowest BCUT2D eigenvalue weighted by atomic mass is 10.00. The third-order valence-corrected chi connectivity index (χ3v) is 4.41. The minimum absolute atomic E-state index is 0.0463. The van der Waals surface area contributed by atoms with Crippen molar-refractivity contribution in [3.8, 4) is 5.75 Å². The van der Waals surface area contributed by atoms with Gasteiger partial charge in [0.05, 0.1) is 13.5 Å². The van der Waals surface area contributed by atoms with Gasteiger partial charge in [-0.05, 0) is 52.2 Å². The van der Waals surface area contributed by atoms with Crippen molar-refractivity contribution in [2.75, 3.05) is 20.3 Å². The highest BCUT2D eigenvalue weighted by atomic mass is 16.6. The first-order valence-corrected chi connectivity index (χ1v) is 9.52. The normalized spacial score (nSPS) is 17.0. The van der Waals surface area contributed by atoms with Crippen LogP contribution in [0.4, 0.5) is 4.79 Å². The predicted octanol–water partition coefficient (Wildman–Crippen LogP) is 3.60. The Morgan fingerprint density at radius 2 is 1.93 bits per heavy atom. The lowest BCUT2D eigenvalue weighted by molar-refractivity contribution is -0.144. The van der Waals surface area contributed by atoms with E-state index in [9.17, 15) is 14.4 Å². The lowest BCUT2D eigenvalue weighted by Gasteiger charge is -2.36. The monoisotopic (exact) mass is 391 g/mol. The molecule has 1 atom stereocenters. The van der Waals surface area contributed by atoms with E-state index in [2.05, 4.69) is 0 Å². The molecule has 0 bridgehead atoms. The Bertz CT molecular complexity index is 709. The molecule has 28 heavy (non-hydrogen) atoms. The summed E-state index contributed by atoms with van der Waals surface area (Å²) in [5.74, 6) is -0.246. The van der Waals surface area contributed by atoms with Crippen LogP contribution in [0.2, 0.25) is 0 Å². The molecule has 0 spiro atoms. The van der Waals surface area contributed by atoms with E-state index in [1.807, 2.05) is 20.8 Å². The van der Waals surface area contributed by atoms with Crippen LogP contribution in [0.1, 0.15) is 56.8 Å². The molecular weight excluding hydrogens is 362 g/mol. The van der Waals surface area contributed by atoms with Crippen molar-refractivity contribution in [3.63, 3.8) is 0 Å². The van der Waals surface area contributed by atoms with Crippen molar-refractivity contribution < 1.29 is 28.6 Å². The van der Waals surface area contributed by atoms with Crippen molar-refractivity contribution in [2.45, 2.75) is 58.1 Å². The molecule has 0 saturated carbocycles. The zero-order valence-electron chi connectivity index (χ0n) is 17.0. The standard InChI is InChI=1S/C21H29NO6/c1-21(2,3)28-20(25)22-11-6-5-9-16(22)13-19(24)27-14-18(23)15-8-7-10-17(12-15)26-4/h7-8,10,12,16H,5-6,9,11,13-14H2,1-4H3. The number of nitrogens with zero attached hydrogens (tertiary/aromatic N) is 1. The fourth-order valence-electron chi connectivity index (χ4n) is 3.05. The second kappa shape index (κ2) is 9.57. The molecule has 1 saturated heterocycles. The van der Waals surface area contributed by atoms with E-state index in [0.717, 1.165) is 12.8 Å². The molecule has 1 heterocycles. The molecule has 7 nitrogen and oxygen atoms in total. The number of piperidine rings is 1. The number of methoxy groups -OCH3 is 1. The largest absolute Gasteiger partial charge is 0.497 e. The number of esters is 1. The summed E-state index contributed by atoms with van der Waals surface area (Å²) in [6.45, 7) is 5.63. The highest BCUT2D eigenvalue weighted by Gasteiger charge is 2.32. The van der Waals surface area contributed by atoms with E-state index < -0.39 is 17.7 Å². The van der Waals surface area contributed by atoms with Gasteiger partial charge in [0.2, 0.25) is 0 Å². The number of likely N-dealkylation sites (tertiary alicyclic amines) is 1. The van der Waals surface area contributed by atoms with Gasteiger partial charge in [0.1, 0.15) is 11.4 Å². The van der Waals surface area contributed by atoms with Crippen LogP contribution in [-0.2, 0) is 14.3 Å². The Kier molecular flexibility index (Phi) is 7.43.